The fourth-order valence-electron chi connectivity index (χ4n) is 2.70. The van der Waals surface area contributed by atoms with Gasteiger partial charge in [0.25, 0.3) is 0 Å². The molecule has 1 aliphatic carbocycles. The van der Waals surface area contributed by atoms with E-state index in [0.717, 1.165) is 34.8 Å². The number of rotatable bonds is 6. The van der Waals surface area contributed by atoms with Gasteiger partial charge in [0.1, 0.15) is 5.54 Å². The monoisotopic (exact) mass is 300 g/mol. The lowest BCUT2D eigenvalue weighted by molar-refractivity contribution is 0.370. The van der Waals surface area contributed by atoms with Gasteiger partial charge >= 0.3 is 0 Å². The molecule has 3 rings (SSSR count). The molecule has 2 aromatic rings. The Labute approximate surface area is 129 Å². The molecule has 0 bridgehead atoms. The molecule has 21 heavy (non-hydrogen) atoms. The molecule has 1 fully saturated rings. The van der Waals surface area contributed by atoms with Gasteiger partial charge in [0, 0.05) is 11.8 Å². The van der Waals surface area contributed by atoms with Crippen LogP contribution in [0.3, 0.4) is 0 Å². The van der Waals surface area contributed by atoms with E-state index in [1.807, 2.05) is 24.3 Å². The molecule has 110 valence electrons. The first-order valence-electron chi connectivity index (χ1n) is 7.39. The third-order valence-corrected chi connectivity index (χ3v) is 4.89. The Hall–Kier alpha value is -1.51. The Morgan fingerprint density at radius 2 is 2.24 bits per heavy atom. The number of aromatic amines is 1. The van der Waals surface area contributed by atoms with E-state index < -0.39 is 5.54 Å². The van der Waals surface area contributed by atoms with E-state index in [1.54, 1.807) is 11.8 Å². The molecule has 0 spiro atoms. The lowest BCUT2D eigenvalue weighted by Crippen LogP contribution is -2.51. The third-order valence-electron chi connectivity index (χ3n) is 3.82. The topological polar surface area (TPSA) is 64.5 Å². The summed E-state index contributed by atoms with van der Waals surface area (Å²) in [5, 5.41) is 14.1. The molecule has 0 radical (unpaired) electrons. The average molecular weight is 300 g/mol. The second-order valence-corrected chi connectivity index (χ2v) is 6.97. The second kappa shape index (κ2) is 5.70. The van der Waals surface area contributed by atoms with E-state index >= 15 is 0 Å². The highest BCUT2D eigenvalue weighted by atomic mass is 32.2. The normalized spacial score (nSPS) is 17.8. The van der Waals surface area contributed by atoms with Crippen molar-refractivity contribution in [3.05, 3.63) is 24.3 Å². The maximum Gasteiger partial charge on any atom is 0.166 e. The van der Waals surface area contributed by atoms with Crippen molar-refractivity contribution in [2.24, 2.45) is 5.92 Å². The fourth-order valence-corrected chi connectivity index (χ4v) is 3.80. The molecule has 1 aromatic carbocycles. The van der Waals surface area contributed by atoms with Crippen molar-refractivity contribution in [1.82, 2.24) is 15.3 Å². The Morgan fingerprint density at radius 3 is 2.86 bits per heavy atom. The molecule has 1 heterocycles. The molecule has 1 atom stereocenters. The minimum atomic E-state index is -0.433. The van der Waals surface area contributed by atoms with Crippen LogP contribution in [0.4, 0.5) is 0 Å². The Kier molecular flexibility index (Phi) is 3.92. The van der Waals surface area contributed by atoms with Crippen LogP contribution in [0.1, 0.15) is 26.7 Å². The van der Waals surface area contributed by atoms with Gasteiger partial charge in [0.2, 0.25) is 0 Å². The molecule has 4 nitrogen and oxygen atoms in total. The Bertz CT molecular complexity index is 635. The van der Waals surface area contributed by atoms with Crippen LogP contribution in [0.2, 0.25) is 0 Å². The summed E-state index contributed by atoms with van der Waals surface area (Å²) in [6.45, 7) is 4.20. The lowest BCUT2D eigenvalue weighted by Gasteiger charge is -2.29. The van der Waals surface area contributed by atoms with E-state index in [4.69, 9.17) is 0 Å². The number of nitriles is 1. The maximum absolute atomic E-state index is 9.70. The third kappa shape index (κ3) is 3.07. The summed E-state index contributed by atoms with van der Waals surface area (Å²) in [4.78, 5) is 7.90. The van der Waals surface area contributed by atoms with Crippen LogP contribution in [0, 0.1) is 17.2 Å². The SMILES string of the molecule is CC(C)NC(C#N)(CSc1nc2ccccc2[nH]1)C1CC1. The smallest absolute Gasteiger partial charge is 0.166 e. The van der Waals surface area contributed by atoms with Gasteiger partial charge in [-0.15, -0.1) is 0 Å². The molecule has 2 N–H and O–H groups in total. The molecule has 1 unspecified atom stereocenters. The van der Waals surface area contributed by atoms with Crippen molar-refractivity contribution in [3.8, 4) is 6.07 Å². The van der Waals surface area contributed by atoms with Crippen molar-refractivity contribution >= 4 is 22.8 Å². The number of aromatic nitrogens is 2. The van der Waals surface area contributed by atoms with Crippen molar-refractivity contribution in [2.45, 2.75) is 43.4 Å². The van der Waals surface area contributed by atoms with Crippen LogP contribution in [-0.2, 0) is 0 Å². The average Bonchev–Trinajstić information content (AvgIpc) is 3.23. The Morgan fingerprint density at radius 1 is 1.48 bits per heavy atom. The van der Waals surface area contributed by atoms with E-state index in [9.17, 15) is 5.26 Å². The number of imidazole rings is 1. The lowest BCUT2D eigenvalue weighted by atomic mass is 9.96. The Balaban J connectivity index is 1.76. The van der Waals surface area contributed by atoms with Gasteiger partial charge in [-0.3, -0.25) is 5.32 Å². The summed E-state index contributed by atoms with van der Waals surface area (Å²) >= 11 is 1.64. The number of H-pyrrole nitrogens is 1. The first kappa shape index (κ1) is 14.4. The highest BCUT2D eigenvalue weighted by molar-refractivity contribution is 7.99. The molecule has 5 heteroatoms. The summed E-state index contributed by atoms with van der Waals surface area (Å²) in [7, 11) is 0. The van der Waals surface area contributed by atoms with Gasteiger partial charge in [0.15, 0.2) is 5.16 Å². The van der Waals surface area contributed by atoms with Crippen molar-refractivity contribution in [3.63, 3.8) is 0 Å². The summed E-state index contributed by atoms with van der Waals surface area (Å²) < 4.78 is 0. The van der Waals surface area contributed by atoms with Crippen LogP contribution < -0.4 is 5.32 Å². The van der Waals surface area contributed by atoms with E-state index in [1.165, 1.54) is 0 Å². The van der Waals surface area contributed by atoms with Crippen LogP contribution in [0.15, 0.2) is 29.4 Å². The van der Waals surface area contributed by atoms with Gasteiger partial charge in [-0.25, -0.2) is 4.98 Å². The minimum absolute atomic E-state index is 0.307. The summed E-state index contributed by atoms with van der Waals surface area (Å²) in [6, 6.07) is 10.9. The van der Waals surface area contributed by atoms with Crippen LogP contribution in [-0.4, -0.2) is 27.3 Å². The number of nitrogens with zero attached hydrogens (tertiary/aromatic N) is 2. The molecule has 0 amide bonds. The molecule has 1 saturated carbocycles. The van der Waals surface area contributed by atoms with Gasteiger partial charge < -0.3 is 4.98 Å². The van der Waals surface area contributed by atoms with Crippen LogP contribution >= 0.6 is 11.8 Å². The largest absolute Gasteiger partial charge is 0.333 e. The van der Waals surface area contributed by atoms with Gasteiger partial charge in [-0.2, -0.15) is 5.26 Å². The fraction of sp³-hybridized carbons (Fsp3) is 0.500. The molecule has 0 aliphatic heterocycles. The van der Waals surface area contributed by atoms with Crippen LogP contribution in [0.25, 0.3) is 11.0 Å². The highest BCUT2D eigenvalue weighted by Gasteiger charge is 2.46. The number of hydrogen-bond donors (Lipinski definition) is 2. The zero-order chi connectivity index (χ0) is 14.9. The van der Waals surface area contributed by atoms with Crippen LogP contribution in [0.5, 0.6) is 0 Å². The number of fused-ring (bicyclic) bond motifs is 1. The first-order valence-corrected chi connectivity index (χ1v) is 8.38. The number of para-hydroxylation sites is 2. The van der Waals surface area contributed by atoms with Crippen molar-refractivity contribution in [1.29, 1.82) is 5.26 Å². The van der Waals surface area contributed by atoms with Gasteiger partial charge in [-0.05, 0) is 44.7 Å². The van der Waals surface area contributed by atoms with E-state index in [-0.39, 0.29) is 0 Å². The van der Waals surface area contributed by atoms with E-state index in [0.29, 0.717) is 12.0 Å². The predicted molar refractivity (Wildman–Crippen MR) is 86.2 cm³/mol. The summed E-state index contributed by atoms with van der Waals surface area (Å²) in [5.74, 6) is 1.20. The number of hydrogen-bond acceptors (Lipinski definition) is 4. The summed E-state index contributed by atoms with van der Waals surface area (Å²) in [6.07, 6.45) is 2.29. The quantitative estimate of drug-likeness (QED) is 0.803. The minimum Gasteiger partial charge on any atom is -0.333 e. The highest BCUT2D eigenvalue weighted by Crippen LogP contribution is 2.42. The first-order chi connectivity index (χ1) is 10.1. The second-order valence-electron chi connectivity index (χ2n) is 6.00. The van der Waals surface area contributed by atoms with Gasteiger partial charge in [-0.1, -0.05) is 23.9 Å². The molecular weight excluding hydrogens is 280 g/mol. The number of nitrogens with one attached hydrogen (secondary N) is 2. The van der Waals surface area contributed by atoms with Crippen molar-refractivity contribution < 1.29 is 0 Å². The zero-order valence-electron chi connectivity index (χ0n) is 12.4. The van der Waals surface area contributed by atoms with Crippen molar-refractivity contribution in [2.75, 3.05) is 5.75 Å². The standard InChI is InChI=1S/C16H20N4S/c1-11(2)20-16(9-17,12-7-8-12)10-21-15-18-13-5-3-4-6-14(13)19-15/h3-6,11-12,20H,7-8,10H2,1-2H3,(H,18,19). The maximum atomic E-state index is 9.70. The molecule has 1 aliphatic rings. The number of benzene rings is 1. The molecule has 0 saturated heterocycles. The van der Waals surface area contributed by atoms with Gasteiger partial charge in [0.05, 0.1) is 17.1 Å². The predicted octanol–water partition coefficient (Wildman–Crippen LogP) is 3.33. The molecular formula is C16H20N4S. The number of thioether (sulfide) groups is 1. The summed E-state index contributed by atoms with van der Waals surface area (Å²) in [5.41, 5.74) is 1.59. The van der Waals surface area contributed by atoms with E-state index in [2.05, 4.69) is 35.2 Å². The zero-order valence-corrected chi connectivity index (χ0v) is 13.2. The molecule has 1 aromatic heterocycles.